The quantitative estimate of drug-likeness (QED) is 0.401. The molecule has 7 nitrogen and oxygen atoms in total. The molecule has 35 heavy (non-hydrogen) atoms. The first-order chi connectivity index (χ1) is 17.0. The number of aromatic nitrogens is 1. The smallest absolute Gasteiger partial charge is 0.270 e. The van der Waals surface area contributed by atoms with Crippen LogP contribution in [0.4, 0.5) is 0 Å². The number of pyridine rings is 1. The van der Waals surface area contributed by atoms with Crippen molar-refractivity contribution in [3.63, 3.8) is 0 Å². The number of carbonyl (C=O) groups excluding carboxylic acids is 1. The predicted octanol–water partition coefficient (Wildman–Crippen LogP) is 4.96. The molecule has 1 aliphatic carbocycles. The number of fused-ring (bicyclic) bond motifs is 1. The molecule has 7 heteroatoms. The van der Waals surface area contributed by atoms with Gasteiger partial charge in [-0.05, 0) is 71.0 Å². The van der Waals surface area contributed by atoms with Crippen LogP contribution in [-0.4, -0.2) is 67.4 Å². The highest BCUT2D eigenvalue weighted by molar-refractivity contribution is 5.98. The van der Waals surface area contributed by atoms with Crippen LogP contribution in [0.5, 0.6) is 11.5 Å². The number of hydrogen-bond donors (Lipinski definition) is 1. The van der Waals surface area contributed by atoms with Crippen LogP contribution in [0.1, 0.15) is 75.7 Å². The lowest BCUT2D eigenvalue weighted by Crippen LogP contribution is -2.49. The van der Waals surface area contributed by atoms with E-state index in [2.05, 4.69) is 24.1 Å². The van der Waals surface area contributed by atoms with E-state index in [-0.39, 0.29) is 18.1 Å². The van der Waals surface area contributed by atoms with Crippen LogP contribution >= 0.6 is 0 Å². The number of methoxy groups -OCH3 is 1. The fraction of sp³-hybridized carbons (Fsp3) is 0.643. The average molecular weight is 484 g/mol. The molecule has 0 spiro atoms. The zero-order valence-corrected chi connectivity index (χ0v) is 21.6. The summed E-state index contributed by atoms with van der Waals surface area (Å²) in [5.74, 6) is 1.20. The van der Waals surface area contributed by atoms with Gasteiger partial charge < -0.3 is 19.5 Å². The van der Waals surface area contributed by atoms with Crippen LogP contribution in [-0.2, 0) is 4.74 Å². The third-order valence-electron chi connectivity index (χ3n) is 7.16. The predicted molar refractivity (Wildman–Crippen MR) is 138 cm³/mol. The van der Waals surface area contributed by atoms with Crippen LogP contribution in [0.2, 0.25) is 0 Å². The number of piperidine rings is 1. The maximum atomic E-state index is 13.3. The van der Waals surface area contributed by atoms with E-state index in [1.54, 1.807) is 13.2 Å². The maximum absolute atomic E-state index is 13.3. The Bertz CT molecular complexity index is 972. The molecule has 1 atom stereocenters. The Balaban J connectivity index is 1.61. The van der Waals surface area contributed by atoms with Crippen molar-refractivity contribution in [2.45, 2.75) is 83.4 Å². The number of hydrogen-bond acceptors (Lipinski definition) is 6. The van der Waals surface area contributed by atoms with Crippen LogP contribution < -0.4 is 14.8 Å². The standard InChI is InChI=1S/C28H41N3O4/c1-20(2)31-15-9-10-21(19-31)29-28(32)24-18-26(34-17-16-33-3)23-13-8-14-25(27(23)30-24)35-22-11-6-4-5-7-12-22/h8,13-14,18,20-22H,4-7,9-12,15-17,19H2,1-3H3,(H,29,32)/t21-/m0/s1. The van der Waals surface area contributed by atoms with Crippen molar-refractivity contribution in [2.24, 2.45) is 0 Å². The summed E-state index contributed by atoms with van der Waals surface area (Å²) in [5.41, 5.74) is 1.05. The van der Waals surface area contributed by atoms with Gasteiger partial charge in [0.05, 0.1) is 12.7 Å². The van der Waals surface area contributed by atoms with Gasteiger partial charge in [0, 0.05) is 37.2 Å². The fourth-order valence-electron chi connectivity index (χ4n) is 5.15. The molecule has 1 aliphatic heterocycles. The third-order valence-corrected chi connectivity index (χ3v) is 7.16. The number of benzene rings is 1. The van der Waals surface area contributed by atoms with Gasteiger partial charge in [0.1, 0.15) is 29.3 Å². The molecule has 1 saturated heterocycles. The highest BCUT2D eigenvalue weighted by atomic mass is 16.5. The number of ether oxygens (including phenoxy) is 3. The van der Waals surface area contributed by atoms with Gasteiger partial charge in [-0.25, -0.2) is 4.98 Å². The van der Waals surface area contributed by atoms with Gasteiger partial charge in [-0.2, -0.15) is 0 Å². The molecule has 2 fully saturated rings. The molecule has 1 amide bonds. The maximum Gasteiger partial charge on any atom is 0.270 e. The lowest BCUT2D eigenvalue weighted by atomic mass is 10.0. The first-order valence-corrected chi connectivity index (χ1v) is 13.3. The second-order valence-electron chi connectivity index (χ2n) is 10.1. The second kappa shape index (κ2) is 12.5. The summed E-state index contributed by atoms with van der Waals surface area (Å²) < 4.78 is 17.7. The van der Waals surface area contributed by atoms with Gasteiger partial charge in [-0.1, -0.05) is 18.9 Å². The summed E-state index contributed by atoms with van der Waals surface area (Å²) >= 11 is 0. The van der Waals surface area contributed by atoms with Crippen LogP contribution in [0.15, 0.2) is 24.3 Å². The summed E-state index contributed by atoms with van der Waals surface area (Å²) in [5, 5.41) is 4.08. The lowest BCUT2D eigenvalue weighted by molar-refractivity contribution is 0.0881. The number of likely N-dealkylation sites (tertiary alicyclic amines) is 1. The zero-order valence-electron chi connectivity index (χ0n) is 21.6. The summed E-state index contributed by atoms with van der Waals surface area (Å²) in [7, 11) is 1.65. The molecule has 192 valence electrons. The molecule has 2 aliphatic rings. The summed E-state index contributed by atoms with van der Waals surface area (Å²) in [6, 6.07) is 8.26. The SMILES string of the molecule is COCCOc1cc(C(=O)N[C@H]2CCCN(C(C)C)C2)nc2c(OC3CCCCCC3)cccc12. The average Bonchev–Trinajstić information content (AvgIpc) is 3.13. The third kappa shape index (κ3) is 6.85. The molecule has 1 saturated carbocycles. The number of rotatable bonds is 9. The van der Waals surface area contributed by atoms with Gasteiger partial charge in [0.25, 0.3) is 5.91 Å². The number of para-hydroxylation sites is 1. The van der Waals surface area contributed by atoms with Gasteiger partial charge >= 0.3 is 0 Å². The highest BCUT2D eigenvalue weighted by Crippen LogP contribution is 2.34. The van der Waals surface area contributed by atoms with Crippen molar-refractivity contribution in [2.75, 3.05) is 33.4 Å². The second-order valence-corrected chi connectivity index (χ2v) is 10.1. The van der Waals surface area contributed by atoms with Crippen molar-refractivity contribution in [1.82, 2.24) is 15.2 Å². The molecule has 0 bridgehead atoms. The van der Waals surface area contributed by atoms with Gasteiger partial charge in [0.2, 0.25) is 0 Å². The number of nitrogens with zero attached hydrogens (tertiary/aromatic N) is 2. The van der Waals surface area contributed by atoms with Crippen LogP contribution in [0, 0.1) is 0 Å². The Labute approximate surface area is 209 Å². The minimum Gasteiger partial charge on any atom is -0.490 e. The summed E-state index contributed by atoms with van der Waals surface area (Å²) in [6.45, 7) is 7.22. The molecule has 2 aromatic rings. The molecule has 4 rings (SSSR count). The molecule has 0 radical (unpaired) electrons. The lowest BCUT2D eigenvalue weighted by Gasteiger charge is -2.35. The number of carbonyl (C=O) groups is 1. The van der Waals surface area contributed by atoms with Crippen molar-refractivity contribution in [3.05, 3.63) is 30.0 Å². The molecule has 0 unspecified atom stereocenters. The molecular weight excluding hydrogens is 442 g/mol. The Morgan fingerprint density at radius 1 is 1.09 bits per heavy atom. The molecular formula is C28H41N3O4. The minimum atomic E-state index is -0.164. The topological polar surface area (TPSA) is 72.9 Å². The van der Waals surface area contributed by atoms with Crippen molar-refractivity contribution < 1.29 is 19.0 Å². The van der Waals surface area contributed by atoms with Crippen LogP contribution in [0.3, 0.4) is 0 Å². The minimum absolute atomic E-state index is 0.117. The fourth-order valence-corrected chi connectivity index (χ4v) is 5.15. The molecule has 1 aromatic heterocycles. The largest absolute Gasteiger partial charge is 0.490 e. The molecule has 2 heterocycles. The van der Waals surface area contributed by atoms with E-state index >= 15 is 0 Å². The Hall–Kier alpha value is -2.38. The van der Waals surface area contributed by atoms with E-state index < -0.39 is 0 Å². The molecule has 1 aromatic carbocycles. The van der Waals surface area contributed by atoms with E-state index in [0.717, 1.165) is 49.9 Å². The van der Waals surface area contributed by atoms with E-state index in [4.69, 9.17) is 19.2 Å². The van der Waals surface area contributed by atoms with Crippen molar-refractivity contribution in [3.8, 4) is 11.5 Å². The van der Waals surface area contributed by atoms with Gasteiger partial charge in [0.15, 0.2) is 0 Å². The van der Waals surface area contributed by atoms with Crippen molar-refractivity contribution in [1.29, 1.82) is 0 Å². The first-order valence-electron chi connectivity index (χ1n) is 13.3. The normalized spacial score (nSPS) is 20.1. The highest BCUT2D eigenvalue weighted by Gasteiger charge is 2.25. The Morgan fingerprint density at radius 2 is 1.89 bits per heavy atom. The number of amides is 1. The van der Waals surface area contributed by atoms with E-state index in [1.165, 1.54) is 25.7 Å². The zero-order chi connectivity index (χ0) is 24.6. The van der Waals surface area contributed by atoms with Crippen LogP contribution in [0.25, 0.3) is 10.9 Å². The monoisotopic (exact) mass is 483 g/mol. The number of nitrogens with one attached hydrogen (secondary N) is 1. The van der Waals surface area contributed by atoms with E-state index in [0.29, 0.717) is 36.2 Å². The Kier molecular flexibility index (Phi) is 9.21. The first kappa shape index (κ1) is 25.7. The Morgan fingerprint density at radius 3 is 2.63 bits per heavy atom. The molecule has 1 N–H and O–H groups in total. The van der Waals surface area contributed by atoms with Gasteiger partial charge in [-0.3, -0.25) is 9.69 Å². The summed E-state index contributed by atoms with van der Waals surface area (Å²) in [6.07, 6.45) is 9.28. The van der Waals surface area contributed by atoms with E-state index in [1.807, 2.05) is 18.2 Å². The van der Waals surface area contributed by atoms with Gasteiger partial charge in [-0.15, -0.1) is 0 Å². The summed E-state index contributed by atoms with van der Waals surface area (Å²) in [4.78, 5) is 20.6. The van der Waals surface area contributed by atoms with Crippen molar-refractivity contribution >= 4 is 16.8 Å². The van der Waals surface area contributed by atoms with E-state index in [9.17, 15) is 4.79 Å².